The normalized spacial score (nSPS) is 9.83. The van der Waals surface area contributed by atoms with E-state index in [1.54, 1.807) is 0 Å². The third kappa shape index (κ3) is 3.48. The van der Waals surface area contributed by atoms with Crippen molar-refractivity contribution in [2.24, 2.45) is 0 Å². The molecule has 0 N–H and O–H groups in total. The highest BCUT2D eigenvalue weighted by molar-refractivity contribution is 9.09. The van der Waals surface area contributed by atoms with Gasteiger partial charge in [0.2, 0.25) is 0 Å². The number of carbonyl (C=O) groups is 1. The van der Waals surface area contributed by atoms with E-state index in [4.69, 9.17) is 4.74 Å². The zero-order valence-corrected chi connectivity index (χ0v) is 10.5. The molecule has 0 aliphatic rings. The van der Waals surface area contributed by atoms with Gasteiger partial charge in [0.25, 0.3) is 11.4 Å². The molecule has 0 fully saturated rings. The SMILES string of the molecule is O=C(OCCBr)c1cc([N+](=O)[O-])cc([N+](=O)[O-])c1. The number of nitro benzene ring substituents is 2. The number of nitro groups is 2. The molecule has 0 aromatic heterocycles. The lowest BCUT2D eigenvalue weighted by molar-refractivity contribution is -0.394. The van der Waals surface area contributed by atoms with Crippen molar-refractivity contribution in [1.82, 2.24) is 0 Å². The summed E-state index contributed by atoms with van der Waals surface area (Å²) >= 11 is 3.03. The zero-order chi connectivity index (χ0) is 13.7. The highest BCUT2D eigenvalue weighted by atomic mass is 79.9. The number of halogens is 1. The molecule has 0 amide bonds. The van der Waals surface area contributed by atoms with Gasteiger partial charge in [0.05, 0.1) is 21.5 Å². The van der Waals surface area contributed by atoms with E-state index in [0.29, 0.717) is 5.33 Å². The van der Waals surface area contributed by atoms with Gasteiger partial charge < -0.3 is 4.74 Å². The third-order valence-electron chi connectivity index (χ3n) is 1.87. The maximum atomic E-state index is 11.5. The van der Waals surface area contributed by atoms with Crippen LogP contribution >= 0.6 is 15.9 Å². The Morgan fingerprint density at radius 3 is 2.06 bits per heavy atom. The second kappa shape index (κ2) is 6.05. The summed E-state index contributed by atoms with van der Waals surface area (Å²) in [5.41, 5.74) is -1.29. The van der Waals surface area contributed by atoms with E-state index in [9.17, 15) is 25.0 Å². The number of alkyl halides is 1. The van der Waals surface area contributed by atoms with Gasteiger partial charge in [-0.1, -0.05) is 15.9 Å². The largest absolute Gasteiger partial charge is 0.461 e. The summed E-state index contributed by atoms with van der Waals surface area (Å²) in [4.78, 5) is 31.0. The van der Waals surface area contributed by atoms with Crippen LogP contribution in [0.3, 0.4) is 0 Å². The van der Waals surface area contributed by atoms with E-state index >= 15 is 0 Å². The number of hydrogen-bond acceptors (Lipinski definition) is 6. The van der Waals surface area contributed by atoms with Crippen LogP contribution in [-0.2, 0) is 4.74 Å². The Bertz CT molecular complexity index is 472. The summed E-state index contributed by atoms with van der Waals surface area (Å²) in [6.07, 6.45) is 0. The number of benzene rings is 1. The van der Waals surface area contributed by atoms with Crippen molar-refractivity contribution in [1.29, 1.82) is 0 Å². The van der Waals surface area contributed by atoms with E-state index in [0.717, 1.165) is 18.2 Å². The van der Waals surface area contributed by atoms with Crippen LogP contribution in [0, 0.1) is 20.2 Å². The molecule has 0 saturated heterocycles. The maximum absolute atomic E-state index is 11.5. The minimum absolute atomic E-state index is 0.0648. The first-order valence-electron chi connectivity index (χ1n) is 4.62. The van der Waals surface area contributed by atoms with Crippen LogP contribution < -0.4 is 0 Å². The minimum Gasteiger partial charge on any atom is -0.461 e. The fourth-order valence-electron chi connectivity index (χ4n) is 1.14. The Labute approximate surface area is 109 Å². The van der Waals surface area contributed by atoms with Crippen LogP contribution in [0.5, 0.6) is 0 Å². The number of rotatable bonds is 5. The van der Waals surface area contributed by atoms with Crippen LogP contribution in [0.4, 0.5) is 11.4 Å². The summed E-state index contributed by atoms with van der Waals surface area (Å²) in [5.74, 6) is -0.846. The predicted octanol–water partition coefficient (Wildman–Crippen LogP) is 2.05. The molecule has 0 radical (unpaired) electrons. The van der Waals surface area contributed by atoms with Crippen molar-refractivity contribution in [2.75, 3.05) is 11.9 Å². The fraction of sp³-hybridized carbons (Fsp3) is 0.222. The second-order valence-corrected chi connectivity index (χ2v) is 3.87. The molecule has 0 aliphatic carbocycles. The number of ether oxygens (including phenoxy) is 1. The van der Waals surface area contributed by atoms with Gasteiger partial charge in [-0.25, -0.2) is 4.79 Å². The van der Waals surface area contributed by atoms with Crippen LogP contribution in [-0.4, -0.2) is 27.8 Å². The van der Waals surface area contributed by atoms with Crippen molar-refractivity contribution in [3.63, 3.8) is 0 Å². The molecular formula is C9H7BrN2O6. The first-order chi connectivity index (χ1) is 8.45. The molecule has 0 bridgehead atoms. The van der Waals surface area contributed by atoms with Crippen LogP contribution in [0.1, 0.15) is 10.4 Å². The van der Waals surface area contributed by atoms with Gasteiger partial charge in [0, 0.05) is 17.5 Å². The lowest BCUT2D eigenvalue weighted by Crippen LogP contribution is -2.08. The lowest BCUT2D eigenvalue weighted by atomic mass is 10.2. The average Bonchev–Trinajstić information content (AvgIpc) is 2.35. The smallest absolute Gasteiger partial charge is 0.338 e. The van der Waals surface area contributed by atoms with Gasteiger partial charge in [-0.2, -0.15) is 0 Å². The van der Waals surface area contributed by atoms with Gasteiger partial charge in [0.15, 0.2) is 0 Å². The summed E-state index contributed by atoms with van der Waals surface area (Å²) in [6.45, 7) is 0.0648. The van der Waals surface area contributed by atoms with Crippen molar-refractivity contribution < 1.29 is 19.4 Å². The number of non-ortho nitro benzene ring substituents is 2. The van der Waals surface area contributed by atoms with E-state index in [1.807, 2.05) is 0 Å². The highest BCUT2D eigenvalue weighted by Crippen LogP contribution is 2.23. The number of carbonyl (C=O) groups excluding carboxylic acids is 1. The molecule has 9 heteroatoms. The Balaban J connectivity index is 3.14. The summed E-state index contributed by atoms with van der Waals surface area (Å²) < 4.78 is 4.72. The Kier molecular flexibility index (Phi) is 4.72. The zero-order valence-electron chi connectivity index (χ0n) is 8.87. The van der Waals surface area contributed by atoms with Gasteiger partial charge in [-0.05, 0) is 0 Å². The molecule has 0 heterocycles. The van der Waals surface area contributed by atoms with E-state index in [-0.39, 0.29) is 12.2 Å². The summed E-state index contributed by atoms with van der Waals surface area (Å²) in [6, 6.07) is 2.65. The van der Waals surface area contributed by atoms with Crippen molar-refractivity contribution >= 4 is 33.3 Å². The molecular weight excluding hydrogens is 312 g/mol. The fourth-order valence-corrected chi connectivity index (χ4v) is 1.30. The van der Waals surface area contributed by atoms with Crippen LogP contribution in [0.25, 0.3) is 0 Å². The lowest BCUT2D eigenvalue weighted by Gasteiger charge is -2.02. The maximum Gasteiger partial charge on any atom is 0.338 e. The molecule has 1 rings (SSSR count). The third-order valence-corrected chi connectivity index (χ3v) is 2.19. The Hall–Kier alpha value is -2.03. The monoisotopic (exact) mass is 318 g/mol. The summed E-state index contributed by atoms with van der Waals surface area (Å²) in [5, 5.41) is 21.6. The molecule has 0 aliphatic heterocycles. The first kappa shape index (κ1) is 14.0. The molecule has 0 atom stereocenters. The van der Waals surface area contributed by atoms with E-state index in [2.05, 4.69) is 15.9 Å². The van der Waals surface area contributed by atoms with Gasteiger partial charge in [-0.15, -0.1) is 0 Å². The molecule has 0 spiro atoms. The van der Waals surface area contributed by atoms with Gasteiger partial charge >= 0.3 is 5.97 Å². The topological polar surface area (TPSA) is 113 Å². The predicted molar refractivity (Wildman–Crippen MR) is 63.8 cm³/mol. The molecule has 8 nitrogen and oxygen atoms in total. The van der Waals surface area contributed by atoms with Gasteiger partial charge in [0.1, 0.15) is 6.61 Å². The van der Waals surface area contributed by atoms with Crippen LogP contribution in [0.2, 0.25) is 0 Å². The summed E-state index contributed by atoms with van der Waals surface area (Å²) in [7, 11) is 0. The Morgan fingerprint density at radius 1 is 1.17 bits per heavy atom. The van der Waals surface area contributed by atoms with Crippen LogP contribution in [0.15, 0.2) is 18.2 Å². The van der Waals surface area contributed by atoms with Crippen molar-refractivity contribution in [3.05, 3.63) is 44.0 Å². The van der Waals surface area contributed by atoms with Crippen molar-refractivity contribution in [3.8, 4) is 0 Å². The molecule has 18 heavy (non-hydrogen) atoms. The average molecular weight is 319 g/mol. The van der Waals surface area contributed by atoms with E-state index in [1.165, 1.54) is 0 Å². The molecule has 1 aromatic carbocycles. The standard InChI is InChI=1S/C9H7BrN2O6/c10-1-2-18-9(13)6-3-7(11(14)15)5-8(4-6)12(16)17/h3-5H,1-2H2. The highest BCUT2D eigenvalue weighted by Gasteiger charge is 2.20. The Morgan fingerprint density at radius 2 is 1.67 bits per heavy atom. The minimum atomic E-state index is -0.846. The van der Waals surface area contributed by atoms with E-state index < -0.39 is 27.2 Å². The molecule has 96 valence electrons. The quantitative estimate of drug-likeness (QED) is 0.355. The molecule has 1 aromatic rings. The molecule has 0 saturated carbocycles. The number of esters is 1. The second-order valence-electron chi connectivity index (χ2n) is 3.08. The van der Waals surface area contributed by atoms with Gasteiger partial charge in [-0.3, -0.25) is 20.2 Å². The van der Waals surface area contributed by atoms with Crippen molar-refractivity contribution in [2.45, 2.75) is 0 Å². The number of hydrogen-bond donors (Lipinski definition) is 0. The first-order valence-corrected chi connectivity index (χ1v) is 5.75. The number of nitrogens with zero attached hydrogens (tertiary/aromatic N) is 2. The molecule has 0 unspecified atom stereocenters.